The van der Waals surface area contributed by atoms with Crippen molar-refractivity contribution in [2.24, 2.45) is 0 Å². The quantitative estimate of drug-likeness (QED) is 0.432. The molecule has 0 fully saturated rings. The van der Waals surface area contributed by atoms with Crippen LogP contribution in [0.1, 0.15) is 19.4 Å². The lowest BCUT2D eigenvalue weighted by Gasteiger charge is -2.08. The van der Waals surface area contributed by atoms with E-state index in [1.165, 1.54) is 6.08 Å². The summed E-state index contributed by atoms with van der Waals surface area (Å²) in [5, 5.41) is 2.41. The molecule has 6 nitrogen and oxygen atoms in total. The van der Waals surface area contributed by atoms with Gasteiger partial charge in [0.05, 0.1) is 0 Å². The average Bonchev–Trinajstić information content (AvgIpc) is 2.43. The van der Waals surface area contributed by atoms with Crippen molar-refractivity contribution >= 4 is 39.7 Å². The Balaban J connectivity index is 2.46. The van der Waals surface area contributed by atoms with Crippen LogP contribution in [0.4, 0.5) is 0 Å². The molecule has 0 atom stereocenters. The highest BCUT2D eigenvalue weighted by molar-refractivity contribution is 9.10. The minimum Gasteiger partial charge on any atom is -0.346 e. The van der Waals surface area contributed by atoms with Gasteiger partial charge in [0.1, 0.15) is 0 Å². The second-order valence-corrected chi connectivity index (χ2v) is 5.28. The Bertz CT molecular complexity index is 570. The van der Waals surface area contributed by atoms with Gasteiger partial charge in [-0.1, -0.05) is 34.1 Å². The van der Waals surface area contributed by atoms with Gasteiger partial charge < -0.3 is 5.32 Å². The number of carbonyl (C=O) groups excluding carboxylic acids is 3. The van der Waals surface area contributed by atoms with Gasteiger partial charge in [-0.05, 0) is 31.6 Å². The Morgan fingerprint density at radius 3 is 2.38 bits per heavy atom. The molecule has 112 valence electrons. The van der Waals surface area contributed by atoms with Crippen LogP contribution in [0, 0.1) is 0 Å². The molecule has 0 aliphatic rings. The van der Waals surface area contributed by atoms with E-state index in [4.69, 9.17) is 0 Å². The lowest BCUT2D eigenvalue weighted by Crippen LogP contribution is -2.49. The summed E-state index contributed by atoms with van der Waals surface area (Å²) in [6.45, 7) is 3.45. The fraction of sp³-hybridized carbons (Fsp3) is 0.214. The van der Waals surface area contributed by atoms with Crippen molar-refractivity contribution in [1.29, 1.82) is 0 Å². The van der Waals surface area contributed by atoms with Crippen LogP contribution >= 0.6 is 15.9 Å². The molecule has 3 amide bonds. The predicted octanol–water partition coefficient (Wildman–Crippen LogP) is 1.13. The van der Waals surface area contributed by atoms with E-state index in [1.54, 1.807) is 19.9 Å². The lowest BCUT2D eigenvalue weighted by molar-refractivity contribution is -0.140. The Kier molecular flexibility index (Phi) is 6.61. The van der Waals surface area contributed by atoms with Crippen molar-refractivity contribution in [3.05, 3.63) is 40.4 Å². The highest BCUT2D eigenvalue weighted by atomic mass is 79.9. The summed E-state index contributed by atoms with van der Waals surface area (Å²) >= 11 is 3.34. The van der Waals surface area contributed by atoms with Crippen LogP contribution in [0.25, 0.3) is 6.08 Å². The van der Waals surface area contributed by atoms with Crippen LogP contribution in [0.15, 0.2) is 34.8 Å². The monoisotopic (exact) mass is 353 g/mol. The van der Waals surface area contributed by atoms with Gasteiger partial charge in [0.2, 0.25) is 0 Å². The number of hydrogen-bond donors (Lipinski definition) is 3. The summed E-state index contributed by atoms with van der Waals surface area (Å²) in [5.41, 5.74) is 4.97. The number of carbonyl (C=O) groups is 3. The summed E-state index contributed by atoms with van der Waals surface area (Å²) in [6.07, 6.45) is 2.83. The van der Waals surface area contributed by atoms with Gasteiger partial charge in [-0.25, -0.2) is 0 Å². The Hall–Kier alpha value is -2.15. The lowest BCUT2D eigenvalue weighted by atomic mass is 10.2. The second kappa shape index (κ2) is 8.21. The van der Waals surface area contributed by atoms with Crippen LogP contribution in [0.5, 0.6) is 0 Å². The molecule has 0 saturated carbocycles. The molecule has 0 aliphatic carbocycles. The third kappa shape index (κ3) is 6.22. The molecule has 0 aromatic heterocycles. The number of amides is 3. The Labute approximate surface area is 131 Å². The van der Waals surface area contributed by atoms with Crippen molar-refractivity contribution in [3.63, 3.8) is 0 Å². The maximum absolute atomic E-state index is 11.5. The van der Waals surface area contributed by atoms with Crippen molar-refractivity contribution in [2.45, 2.75) is 19.9 Å². The Morgan fingerprint density at radius 2 is 1.76 bits per heavy atom. The van der Waals surface area contributed by atoms with E-state index in [0.717, 1.165) is 10.0 Å². The first kappa shape index (κ1) is 16.9. The zero-order chi connectivity index (χ0) is 15.8. The van der Waals surface area contributed by atoms with Gasteiger partial charge in [0, 0.05) is 16.6 Å². The molecular formula is C14H16BrN3O3. The zero-order valence-corrected chi connectivity index (χ0v) is 13.2. The van der Waals surface area contributed by atoms with E-state index in [-0.39, 0.29) is 6.04 Å². The Morgan fingerprint density at radius 1 is 1.10 bits per heavy atom. The van der Waals surface area contributed by atoms with E-state index in [1.807, 2.05) is 29.7 Å². The molecule has 0 bridgehead atoms. The minimum absolute atomic E-state index is 0.158. The molecule has 3 N–H and O–H groups in total. The molecule has 21 heavy (non-hydrogen) atoms. The van der Waals surface area contributed by atoms with E-state index < -0.39 is 17.7 Å². The van der Waals surface area contributed by atoms with Gasteiger partial charge in [0.15, 0.2) is 0 Å². The highest BCUT2D eigenvalue weighted by Gasteiger charge is 2.14. The number of rotatable bonds is 3. The minimum atomic E-state index is -0.925. The molecular weight excluding hydrogens is 338 g/mol. The first-order valence-electron chi connectivity index (χ1n) is 6.23. The summed E-state index contributed by atoms with van der Waals surface area (Å²) < 4.78 is 0.842. The molecule has 0 unspecified atom stereocenters. The van der Waals surface area contributed by atoms with Crippen LogP contribution in [-0.2, 0) is 14.4 Å². The van der Waals surface area contributed by atoms with Crippen molar-refractivity contribution in [3.8, 4) is 0 Å². The molecule has 1 aromatic carbocycles. The molecule has 7 heteroatoms. The van der Waals surface area contributed by atoms with Gasteiger partial charge >= 0.3 is 11.8 Å². The molecule has 0 heterocycles. The molecule has 0 saturated heterocycles. The molecule has 0 radical (unpaired) electrons. The standard InChI is InChI=1S/C14H16BrN3O3/c1-9(2)16-13(20)14(21)18-17-12(19)8-7-10-5-3-4-6-11(10)15/h3-9H,1-2H3,(H,16,20)(H,17,19)(H,18,21)/b8-7+. The molecule has 1 aromatic rings. The number of benzene rings is 1. The summed E-state index contributed by atoms with van der Waals surface area (Å²) in [6, 6.07) is 7.20. The van der Waals surface area contributed by atoms with Gasteiger partial charge in [-0.3, -0.25) is 25.2 Å². The van der Waals surface area contributed by atoms with E-state index in [2.05, 4.69) is 26.7 Å². The van der Waals surface area contributed by atoms with Crippen molar-refractivity contribution in [1.82, 2.24) is 16.2 Å². The maximum Gasteiger partial charge on any atom is 0.327 e. The molecule has 0 spiro atoms. The van der Waals surface area contributed by atoms with E-state index in [0.29, 0.717) is 0 Å². The van der Waals surface area contributed by atoms with Crippen LogP contribution in [-0.4, -0.2) is 23.8 Å². The summed E-state index contributed by atoms with van der Waals surface area (Å²) in [5.74, 6) is -2.28. The smallest absolute Gasteiger partial charge is 0.327 e. The zero-order valence-electron chi connectivity index (χ0n) is 11.6. The molecule has 1 rings (SSSR count). The topological polar surface area (TPSA) is 87.3 Å². The SMILES string of the molecule is CC(C)NC(=O)C(=O)NNC(=O)/C=C/c1ccccc1Br. The summed E-state index contributed by atoms with van der Waals surface area (Å²) in [7, 11) is 0. The van der Waals surface area contributed by atoms with Gasteiger partial charge in [-0.2, -0.15) is 0 Å². The maximum atomic E-state index is 11.5. The average molecular weight is 354 g/mol. The van der Waals surface area contributed by atoms with Gasteiger partial charge in [0.25, 0.3) is 5.91 Å². The number of nitrogens with one attached hydrogen (secondary N) is 3. The number of hydrazine groups is 1. The third-order valence-corrected chi connectivity index (χ3v) is 2.97. The fourth-order valence-electron chi connectivity index (χ4n) is 1.32. The number of halogens is 1. The van der Waals surface area contributed by atoms with Crippen molar-refractivity contribution in [2.75, 3.05) is 0 Å². The van der Waals surface area contributed by atoms with Crippen LogP contribution < -0.4 is 16.2 Å². The second-order valence-electron chi connectivity index (χ2n) is 4.43. The van der Waals surface area contributed by atoms with Crippen LogP contribution in [0.3, 0.4) is 0 Å². The van der Waals surface area contributed by atoms with E-state index >= 15 is 0 Å². The fourth-order valence-corrected chi connectivity index (χ4v) is 1.74. The highest BCUT2D eigenvalue weighted by Crippen LogP contribution is 2.16. The van der Waals surface area contributed by atoms with Crippen molar-refractivity contribution < 1.29 is 14.4 Å². The normalized spacial score (nSPS) is 10.5. The van der Waals surface area contributed by atoms with E-state index in [9.17, 15) is 14.4 Å². The third-order valence-electron chi connectivity index (χ3n) is 2.24. The predicted molar refractivity (Wildman–Crippen MR) is 82.7 cm³/mol. The first-order valence-corrected chi connectivity index (χ1v) is 7.03. The molecule has 0 aliphatic heterocycles. The first-order chi connectivity index (χ1) is 9.90. The van der Waals surface area contributed by atoms with Gasteiger partial charge in [-0.15, -0.1) is 0 Å². The number of hydrogen-bond acceptors (Lipinski definition) is 3. The van der Waals surface area contributed by atoms with Crippen LogP contribution in [0.2, 0.25) is 0 Å². The summed E-state index contributed by atoms with van der Waals surface area (Å²) in [4.78, 5) is 34.2. The largest absolute Gasteiger partial charge is 0.346 e.